The number of hydrogen-bond acceptors (Lipinski definition) is 5. The van der Waals surface area contributed by atoms with Crippen molar-refractivity contribution < 1.29 is 9.15 Å². The smallest absolute Gasteiger partial charge is 0.236 e. The summed E-state index contributed by atoms with van der Waals surface area (Å²) in [5.74, 6) is 2.20. The van der Waals surface area contributed by atoms with Crippen LogP contribution in [0.5, 0.6) is 5.75 Å². The van der Waals surface area contributed by atoms with Crippen LogP contribution in [0.15, 0.2) is 57.5 Å². The minimum atomic E-state index is -0.247. The number of benzene rings is 1. The number of rotatable bonds is 6. The molecule has 0 bridgehead atoms. The Kier molecular flexibility index (Phi) is 6.36. The average molecular weight is 399 g/mol. The average Bonchev–Trinajstić information content (AvgIpc) is 3.33. The molecule has 7 heteroatoms. The molecule has 1 aromatic carbocycles. The van der Waals surface area contributed by atoms with Crippen LogP contribution in [-0.4, -0.2) is 23.6 Å². The molecule has 0 spiro atoms. The molecule has 0 amide bonds. The van der Waals surface area contributed by atoms with Crippen LogP contribution in [0.1, 0.15) is 32.0 Å². The van der Waals surface area contributed by atoms with Crippen molar-refractivity contribution in [3.8, 4) is 16.5 Å². The summed E-state index contributed by atoms with van der Waals surface area (Å²) in [7, 11) is 1.74. The third-order valence-corrected chi connectivity index (χ3v) is 4.64. The first-order valence-corrected chi connectivity index (χ1v) is 10.0. The van der Waals surface area contributed by atoms with E-state index >= 15 is 0 Å². The highest BCUT2D eigenvalue weighted by atomic mass is 32.1. The molecule has 6 nitrogen and oxygen atoms in total. The van der Waals surface area contributed by atoms with Crippen LogP contribution in [0.3, 0.4) is 0 Å². The molecule has 0 aliphatic rings. The Hall–Kier alpha value is -2.80. The largest absolute Gasteiger partial charge is 0.488 e. The number of para-hydroxylation sites is 1. The Labute approximate surface area is 169 Å². The lowest BCUT2D eigenvalue weighted by molar-refractivity contribution is 0.129. The molecule has 0 fully saturated rings. The number of thiophene rings is 1. The minimum Gasteiger partial charge on any atom is -0.488 e. The molecule has 0 saturated heterocycles. The van der Waals surface area contributed by atoms with Gasteiger partial charge in [-0.3, -0.25) is 4.99 Å². The Morgan fingerprint density at radius 1 is 1.14 bits per heavy atom. The maximum absolute atomic E-state index is 6.04. The van der Waals surface area contributed by atoms with Crippen LogP contribution in [0.25, 0.3) is 10.8 Å². The summed E-state index contributed by atoms with van der Waals surface area (Å²) in [6.45, 7) is 7.25. The molecule has 2 N–H and O–H groups in total. The van der Waals surface area contributed by atoms with E-state index in [4.69, 9.17) is 9.15 Å². The summed E-state index contributed by atoms with van der Waals surface area (Å²) in [5, 5.41) is 8.58. The van der Waals surface area contributed by atoms with E-state index in [1.165, 1.54) is 0 Å². The number of nitrogens with one attached hydrogen (secondary N) is 2. The van der Waals surface area contributed by atoms with Crippen molar-refractivity contribution in [2.24, 2.45) is 4.99 Å². The quantitative estimate of drug-likeness (QED) is 0.474. The van der Waals surface area contributed by atoms with Crippen molar-refractivity contribution in [1.29, 1.82) is 0 Å². The maximum atomic E-state index is 6.04. The van der Waals surface area contributed by atoms with Gasteiger partial charge in [0.2, 0.25) is 5.89 Å². The second-order valence-corrected chi connectivity index (χ2v) is 8.17. The van der Waals surface area contributed by atoms with Crippen LogP contribution in [0.4, 0.5) is 0 Å². The van der Waals surface area contributed by atoms with Gasteiger partial charge in [0.25, 0.3) is 0 Å². The van der Waals surface area contributed by atoms with Gasteiger partial charge in [-0.2, -0.15) is 0 Å². The maximum Gasteiger partial charge on any atom is 0.236 e. The summed E-state index contributed by atoms with van der Waals surface area (Å²) < 4.78 is 11.6. The zero-order valence-corrected chi connectivity index (χ0v) is 17.5. The third kappa shape index (κ3) is 5.60. The molecular formula is C21H26N4O2S. The van der Waals surface area contributed by atoms with Crippen molar-refractivity contribution in [2.45, 2.75) is 39.5 Å². The Bertz CT molecular complexity index is 911. The van der Waals surface area contributed by atoms with Gasteiger partial charge < -0.3 is 19.8 Å². The topological polar surface area (TPSA) is 71.7 Å². The normalized spacial score (nSPS) is 12.1. The van der Waals surface area contributed by atoms with E-state index in [-0.39, 0.29) is 5.60 Å². The number of nitrogens with zero attached hydrogens (tertiary/aromatic N) is 2. The number of guanidine groups is 1. The van der Waals surface area contributed by atoms with Gasteiger partial charge in [0.1, 0.15) is 17.6 Å². The number of oxazole rings is 1. The SMILES string of the molecule is CN=C(NCc1coc(-c2cccs2)n1)NCc1ccccc1OC(C)(C)C. The van der Waals surface area contributed by atoms with E-state index in [0.717, 1.165) is 21.9 Å². The van der Waals surface area contributed by atoms with Crippen molar-refractivity contribution >= 4 is 17.3 Å². The minimum absolute atomic E-state index is 0.247. The van der Waals surface area contributed by atoms with E-state index in [0.29, 0.717) is 24.9 Å². The highest BCUT2D eigenvalue weighted by Crippen LogP contribution is 2.24. The van der Waals surface area contributed by atoms with Gasteiger partial charge >= 0.3 is 0 Å². The molecule has 0 unspecified atom stereocenters. The highest BCUT2D eigenvalue weighted by Gasteiger charge is 2.14. The number of aromatic nitrogens is 1. The fourth-order valence-corrected chi connectivity index (χ4v) is 3.21. The molecule has 148 valence electrons. The first-order chi connectivity index (χ1) is 13.4. The van der Waals surface area contributed by atoms with Gasteiger partial charge in [-0.25, -0.2) is 4.98 Å². The second kappa shape index (κ2) is 8.93. The standard InChI is InChI=1S/C21H26N4O2S/c1-21(2,3)27-17-9-6-5-8-15(17)12-23-20(22-4)24-13-16-14-26-19(25-16)18-10-7-11-28-18/h5-11,14H,12-13H2,1-4H3,(H2,22,23,24). The lowest BCUT2D eigenvalue weighted by Crippen LogP contribution is -2.36. The van der Waals surface area contributed by atoms with Gasteiger partial charge in [0.15, 0.2) is 5.96 Å². The monoisotopic (exact) mass is 398 g/mol. The van der Waals surface area contributed by atoms with Gasteiger partial charge in [0, 0.05) is 19.2 Å². The fraction of sp³-hybridized carbons (Fsp3) is 0.333. The number of ether oxygens (including phenoxy) is 1. The molecule has 0 atom stereocenters. The van der Waals surface area contributed by atoms with Crippen molar-refractivity contribution in [3.05, 3.63) is 59.3 Å². The molecule has 3 rings (SSSR count). The van der Waals surface area contributed by atoms with Crippen LogP contribution in [-0.2, 0) is 13.1 Å². The Balaban J connectivity index is 1.56. The summed E-state index contributed by atoms with van der Waals surface area (Å²) in [6.07, 6.45) is 1.67. The zero-order valence-electron chi connectivity index (χ0n) is 16.7. The Morgan fingerprint density at radius 2 is 1.93 bits per heavy atom. The fourth-order valence-electron chi connectivity index (χ4n) is 2.55. The highest BCUT2D eigenvalue weighted by molar-refractivity contribution is 7.13. The van der Waals surface area contributed by atoms with Crippen LogP contribution in [0, 0.1) is 0 Å². The van der Waals surface area contributed by atoms with E-state index in [1.807, 2.05) is 62.5 Å². The van der Waals surface area contributed by atoms with E-state index in [9.17, 15) is 0 Å². The Morgan fingerprint density at radius 3 is 2.64 bits per heavy atom. The zero-order chi connectivity index (χ0) is 20.0. The van der Waals surface area contributed by atoms with Crippen LogP contribution < -0.4 is 15.4 Å². The van der Waals surface area contributed by atoms with E-state index in [2.05, 4.69) is 20.6 Å². The number of hydrogen-bond donors (Lipinski definition) is 2. The lowest BCUT2D eigenvalue weighted by Gasteiger charge is -2.23. The first kappa shape index (κ1) is 19.9. The molecule has 2 aromatic heterocycles. The van der Waals surface area contributed by atoms with E-state index in [1.54, 1.807) is 24.6 Å². The van der Waals surface area contributed by atoms with Crippen molar-refractivity contribution in [3.63, 3.8) is 0 Å². The summed E-state index contributed by atoms with van der Waals surface area (Å²) in [6, 6.07) is 12.0. The predicted molar refractivity (Wildman–Crippen MR) is 114 cm³/mol. The first-order valence-electron chi connectivity index (χ1n) is 9.14. The molecule has 0 aliphatic carbocycles. The molecule has 0 aliphatic heterocycles. The second-order valence-electron chi connectivity index (χ2n) is 7.22. The van der Waals surface area contributed by atoms with Gasteiger partial charge in [0.05, 0.1) is 17.1 Å². The van der Waals surface area contributed by atoms with E-state index < -0.39 is 0 Å². The van der Waals surface area contributed by atoms with Gasteiger partial charge in [-0.05, 0) is 38.3 Å². The summed E-state index contributed by atoms with van der Waals surface area (Å²) in [4.78, 5) is 9.80. The lowest BCUT2D eigenvalue weighted by atomic mass is 10.1. The van der Waals surface area contributed by atoms with Gasteiger partial charge in [-0.1, -0.05) is 24.3 Å². The molecule has 3 aromatic rings. The van der Waals surface area contributed by atoms with Crippen molar-refractivity contribution in [2.75, 3.05) is 7.05 Å². The van der Waals surface area contributed by atoms with Crippen LogP contribution in [0.2, 0.25) is 0 Å². The van der Waals surface area contributed by atoms with Crippen LogP contribution >= 0.6 is 11.3 Å². The molecule has 0 saturated carbocycles. The van der Waals surface area contributed by atoms with Gasteiger partial charge in [-0.15, -0.1) is 11.3 Å². The molecular weight excluding hydrogens is 372 g/mol. The third-order valence-electron chi connectivity index (χ3n) is 3.78. The molecule has 2 heterocycles. The predicted octanol–water partition coefficient (Wildman–Crippen LogP) is 4.45. The van der Waals surface area contributed by atoms with Crippen molar-refractivity contribution in [1.82, 2.24) is 15.6 Å². The number of aliphatic imine (C=N–C) groups is 1. The molecule has 28 heavy (non-hydrogen) atoms. The summed E-state index contributed by atoms with van der Waals surface area (Å²) >= 11 is 1.60. The summed E-state index contributed by atoms with van der Waals surface area (Å²) in [5.41, 5.74) is 1.65. The molecule has 0 radical (unpaired) electrons.